The summed E-state index contributed by atoms with van der Waals surface area (Å²) in [5.41, 5.74) is 2.54. The number of aromatic nitrogens is 2. The standard InChI is InChI=1S/C18H13N3O3/c22-18-15-3-1-2-4-16(15)20-10-9-13(17(20)19-18)11-12-5-7-14(8-6-12)21(23)24/h1-8,11H,9-10H2/b13-11-. The quantitative estimate of drug-likeness (QED) is 0.536. The van der Waals surface area contributed by atoms with Crippen LogP contribution in [0.5, 0.6) is 0 Å². The minimum Gasteiger partial charge on any atom is -0.325 e. The van der Waals surface area contributed by atoms with Crippen molar-refractivity contribution >= 4 is 28.2 Å². The van der Waals surface area contributed by atoms with E-state index in [1.807, 2.05) is 28.8 Å². The monoisotopic (exact) mass is 319 g/mol. The van der Waals surface area contributed by atoms with Crippen LogP contribution >= 0.6 is 0 Å². The number of non-ortho nitro benzene ring substituents is 1. The van der Waals surface area contributed by atoms with Crippen LogP contribution < -0.4 is 5.56 Å². The molecule has 3 aromatic rings. The summed E-state index contributed by atoms with van der Waals surface area (Å²) in [6, 6.07) is 13.8. The van der Waals surface area contributed by atoms with Crippen LogP contribution in [-0.2, 0) is 6.54 Å². The average molecular weight is 319 g/mol. The van der Waals surface area contributed by atoms with Gasteiger partial charge in [0.05, 0.1) is 15.8 Å². The Bertz CT molecular complexity index is 1050. The lowest BCUT2D eigenvalue weighted by Crippen LogP contribution is -2.14. The molecule has 1 aliphatic rings. The van der Waals surface area contributed by atoms with E-state index in [2.05, 4.69) is 4.98 Å². The number of allylic oxidation sites excluding steroid dienone is 1. The number of fused-ring (bicyclic) bond motifs is 3. The zero-order valence-corrected chi connectivity index (χ0v) is 12.7. The molecule has 2 heterocycles. The third kappa shape index (κ3) is 2.28. The number of benzene rings is 2. The first-order chi connectivity index (χ1) is 11.6. The van der Waals surface area contributed by atoms with E-state index in [0.29, 0.717) is 11.2 Å². The van der Waals surface area contributed by atoms with Crippen molar-refractivity contribution in [2.75, 3.05) is 0 Å². The molecule has 24 heavy (non-hydrogen) atoms. The maximum atomic E-state index is 12.2. The van der Waals surface area contributed by atoms with E-state index < -0.39 is 4.92 Å². The van der Waals surface area contributed by atoms with Crippen molar-refractivity contribution in [1.29, 1.82) is 0 Å². The second-order valence-electron chi connectivity index (χ2n) is 5.68. The first kappa shape index (κ1) is 14.3. The SMILES string of the molecule is O=c1nc2n(c3ccccc13)CC/C2=C/c1ccc([N+](=O)[O-])cc1. The Balaban J connectivity index is 1.81. The molecule has 1 aliphatic heterocycles. The first-order valence-corrected chi connectivity index (χ1v) is 7.58. The van der Waals surface area contributed by atoms with Crippen molar-refractivity contribution in [3.63, 3.8) is 0 Å². The molecule has 0 N–H and O–H groups in total. The van der Waals surface area contributed by atoms with Crippen molar-refractivity contribution in [2.45, 2.75) is 13.0 Å². The summed E-state index contributed by atoms with van der Waals surface area (Å²) in [7, 11) is 0. The minimum absolute atomic E-state index is 0.0595. The highest BCUT2D eigenvalue weighted by atomic mass is 16.6. The van der Waals surface area contributed by atoms with Gasteiger partial charge in [0.25, 0.3) is 11.2 Å². The lowest BCUT2D eigenvalue weighted by atomic mass is 10.1. The van der Waals surface area contributed by atoms with Crippen LogP contribution in [0.4, 0.5) is 5.69 Å². The highest BCUT2D eigenvalue weighted by Crippen LogP contribution is 2.29. The maximum Gasteiger partial charge on any atom is 0.281 e. The van der Waals surface area contributed by atoms with Crippen LogP contribution in [0.3, 0.4) is 0 Å². The fraction of sp³-hybridized carbons (Fsp3) is 0.111. The summed E-state index contributed by atoms with van der Waals surface area (Å²) in [5, 5.41) is 11.3. The van der Waals surface area contributed by atoms with Crippen molar-refractivity contribution in [1.82, 2.24) is 9.55 Å². The fourth-order valence-electron chi connectivity index (χ4n) is 3.07. The van der Waals surface area contributed by atoms with Crippen molar-refractivity contribution in [2.24, 2.45) is 0 Å². The topological polar surface area (TPSA) is 78.0 Å². The van der Waals surface area contributed by atoms with Gasteiger partial charge in [-0.2, -0.15) is 4.98 Å². The molecule has 1 aromatic heterocycles. The van der Waals surface area contributed by atoms with Gasteiger partial charge in [0.1, 0.15) is 5.82 Å². The summed E-state index contributed by atoms with van der Waals surface area (Å²) in [5.74, 6) is 0.678. The lowest BCUT2D eigenvalue weighted by molar-refractivity contribution is -0.384. The number of hydrogen-bond donors (Lipinski definition) is 0. The molecule has 0 saturated carbocycles. The second kappa shape index (κ2) is 5.42. The highest BCUT2D eigenvalue weighted by molar-refractivity contribution is 5.85. The van der Waals surface area contributed by atoms with Gasteiger partial charge >= 0.3 is 0 Å². The molecular weight excluding hydrogens is 306 g/mol. The third-order valence-electron chi connectivity index (χ3n) is 4.23. The Hall–Kier alpha value is -3.28. The molecule has 0 fully saturated rings. The number of nitro groups is 1. The van der Waals surface area contributed by atoms with Gasteiger partial charge in [-0.1, -0.05) is 12.1 Å². The number of aryl methyl sites for hydroxylation is 1. The largest absolute Gasteiger partial charge is 0.325 e. The predicted octanol–water partition coefficient (Wildman–Crippen LogP) is 3.25. The molecule has 0 radical (unpaired) electrons. The van der Waals surface area contributed by atoms with Gasteiger partial charge in [0.2, 0.25) is 0 Å². The van der Waals surface area contributed by atoms with Crippen molar-refractivity contribution in [3.05, 3.63) is 80.4 Å². The molecule has 0 saturated heterocycles. The molecule has 0 aliphatic carbocycles. The van der Waals surface area contributed by atoms with Gasteiger partial charge in [-0.15, -0.1) is 0 Å². The lowest BCUT2D eigenvalue weighted by Gasteiger charge is -2.07. The first-order valence-electron chi connectivity index (χ1n) is 7.58. The molecule has 0 bridgehead atoms. The van der Waals surface area contributed by atoms with Crippen LogP contribution in [0.1, 0.15) is 17.8 Å². The van der Waals surface area contributed by atoms with Gasteiger partial charge in [-0.05, 0) is 47.9 Å². The molecule has 0 amide bonds. The van der Waals surface area contributed by atoms with E-state index in [9.17, 15) is 14.9 Å². The molecule has 0 spiro atoms. The Morgan fingerprint density at radius 2 is 1.88 bits per heavy atom. The van der Waals surface area contributed by atoms with Gasteiger partial charge < -0.3 is 4.57 Å². The minimum atomic E-state index is -0.422. The predicted molar refractivity (Wildman–Crippen MR) is 91.6 cm³/mol. The van der Waals surface area contributed by atoms with Crippen molar-refractivity contribution < 1.29 is 4.92 Å². The zero-order valence-electron chi connectivity index (χ0n) is 12.7. The van der Waals surface area contributed by atoms with E-state index in [4.69, 9.17) is 0 Å². The van der Waals surface area contributed by atoms with Crippen LogP contribution in [0.15, 0.2) is 53.3 Å². The molecular formula is C18H13N3O3. The van der Waals surface area contributed by atoms with Gasteiger partial charge in [0.15, 0.2) is 0 Å². The number of nitro benzene ring substituents is 1. The van der Waals surface area contributed by atoms with Crippen LogP contribution in [0.2, 0.25) is 0 Å². The van der Waals surface area contributed by atoms with Crippen molar-refractivity contribution in [3.8, 4) is 0 Å². The molecule has 0 atom stereocenters. The van der Waals surface area contributed by atoms with Gasteiger partial charge in [-0.3, -0.25) is 14.9 Å². The van der Waals surface area contributed by atoms with E-state index in [1.54, 1.807) is 18.2 Å². The van der Waals surface area contributed by atoms with Crippen LogP contribution in [0, 0.1) is 10.1 Å². The number of rotatable bonds is 2. The summed E-state index contributed by atoms with van der Waals surface area (Å²) < 4.78 is 2.05. The molecule has 4 rings (SSSR count). The van der Waals surface area contributed by atoms with E-state index in [0.717, 1.165) is 29.6 Å². The molecule has 6 nitrogen and oxygen atoms in total. The summed E-state index contributed by atoms with van der Waals surface area (Å²) in [6.45, 7) is 0.766. The van der Waals surface area contributed by atoms with E-state index in [-0.39, 0.29) is 11.2 Å². The fourth-order valence-corrected chi connectivity index (χ4v) is 3.07. The second-order valence-corrected chi connectivity index (χ2v) is 5.68. The highest BCUT2D eigenvalue weighted by Gasteiger charge is 2.20. The Kier molecular flexibility index (Phi) is 3.23. The molecule has 0 unspecified atom stereocenters. The van der Waals surface area contributed by atoms with Crippen LogP contribution in [0.25, 0.3) is 22.6 Å². The average Bonchev–Trinajstić information content (AvgIpc) is 2.98. The van der Waals surface area contributed by atoms with E-state index >= 15 is 0 Å². The molecule has 118 valence electrons. The maximum absolute atomic E-state index is 12.2. The van der Waals surface area contributed by atoms with Crippen LogP contribution in [-0.4, -0.2) is 14.5 Å². The molecule has 6 heteroatoms. The normalized spacial score (nSPS) is 14.9. The molecule has 2 aromatic carbocycles. The zero-order chi connectivity index (χ0) is 16.7. The van der Waals surface area contributed by atoms with E-state index in [1.165, 1.54) is 12.1 Å². The van der Waals surface area contributed by atoms with Gasteiger partial charge in [0, 0.05) is 18.7 Å². The van der Waals surface area contributed by atoms with Gasteiger partial charge in [-0.25, -0.2) is 0 Å². The number of hydrogen-bond acceptors (Lipinski definition) is 4. The smallest absolute Gasteiger partial charge is 0.281 e. The Morgan fingerprint density at radius 3 is 2.62 bits per heavy atom. The summed E-state index contributed by atoms with van der Waals surface area (Å²) in [4.78, 5) is 26.8. The Morgan fingerprint density at radius 1 is 1.12 bits per heavy atom. The third-order valence-corrected chi connectivity index (χ3v) is 4.23. The summed E-state index contributed by atoms with van der Waals surface area (Å²) >= 11 is 0. The number of para-hydroxylation sites is 1. The Labute approximate surface area is 136 Å². The number of nitrogens with zero attached hydrogens (tertiary/aromatic N) is 3. The summed E-state index contributed by atoms with van der Waals surface area (Å²) in [6.07, 6.45) is 2.71.